The fourth-order valence-electron chi connectivity index (χ4n) is 7.43. The summed E-state index contributed by atoms with van der Waals surface area (Å²) in [5.41, 5.74) is 14.9. The van der Waals surface area contributed by atoms with Crippen LogP contribution < -0.4 is 0 Å². The lowest BCUT2D eigenvalue weighted by molar-refractivity contribution is 0.830. The summed E-state index contributed by atoms with van der Waals surface area (Å²) in [7, 11) is 0. The molecule has 5 aromatic carbocycles. The molecule has 0 amide bonds. The lowest BCUT2D eigenvalue weighted by Crippen LogP contribution is -2.03. The number of rotatable bonds is 7. The van der Waals surface area contributed by atoms with E-state index in [-0.39, 0.29) is 5.92 Å². The van der Waals surface area contributed by atoms with E-state index >= 15 is 0 Å². The number of hydrogen-bond acceptors (Lipinski definition) is 4. The van der Waals surface area contributed by atoms with E-state index in [4.69, 9.17) is 19.9 Å². The van der Waals surface area contributed by atoms with Gasteiger partial charge in [-0.3, -0.25) is 4.98 Å². The minimum absolute atomic E-state index is 0.230. The minimum Gasteiger partial charge on any atom is -0.250 e. The highest BCUT2D eigenvalue weighted by Crippen LogP contribution is 2.35. The third-order valence-electron chi connectivity index (χ3n) is 10.5. The van der Waals surface area contributed by atoms with E-state index in [9.17, 15) is 0 Å². The van der Waals surface area contributed by atoms with Crippen molar-refractivity contribution in [3.05, 3.63) is 186 Å². The van der Waals surface area contributed by atoms with Crippen molar-refractivity contribution < 1.29 is 0 Å². The molecule has 0 radical (unpaired) electrons. The van der Waals surface area contributed by atoms with Gasteiger partial charge in [-0.15, -0.1) is 0 Å². The number of aromatic nitrogens is 4. The monoisotopic (exact) mass is 696 g/mol. The maximum Gasteiger partial charge on any atom is 0.160 e. The smallest absolute Gasteiger partial charge is 0.160 e. The molecular weight excluding hydrogens is 657 g/mol. The van der Waals surface area contributed by atoms with Crippen LogP contribution in [-0.4, -0.2) is 19.9 Å². The van der Waals surface area contributed by atoms with Crippen LogP contribution in [0.5, 0.6) is 0 Å². The molecule has 8 aromatic rings. The predicted octanol–water partition coefficient (Wildman–Crippen LogP) is 12.8. The van der Waals surface area contributed by atoms with Crippen LogP contribution in [0.3, 0.4) is 0 Å². The molecular formula is C50H40N4. The molecule has 0 saturated heterocycles. The second kappa shape index (κ2) is 14.1. The van der Waals surface area contributed by atoms with Crippen molar-refractivity contribution in [2.75, 3.05) is 0 Å². The van der Waals surface area contributed by atoms with E-state index in [1.54, 1.807) is 0 Å². The number of hydrogen-bond donors (Lipinski definition) is 0. The Balaban J connectivity index is 1.02. The van der Waals surface area contributed by atoms with Gasteiger partial charge >= 0.3 is 0 Å². The van der Waals surface area contributed by atoms with Crippen LogP contribution in [0.4, 0.5) is 0 Å². The molecule has 0 N–H and O–H groups in total. The number of benzene rings is 5. The van der Waals surface area contributed by atoms with Crippen LogP contribution in [0.15, 0.2) is 164 Å². The van der Waals surface area contributed by atoms with Crippen molar-refractivity contribution in [1.29, 1.82) is 0 Å². The third-order valence-corrected chi connectivity index (χ3v) is 10.5. The third kappa shape index (κ3) is 6.52. The summed E-state index contributed by atoms with van der Waals surface area (Å²) in [6.45, 7) is 6.54. The maximum absolute atomic E-state index is 5.25. The van der Waals surface area contributed by atoms with Gasteiger partial charge < -0.3 is 0 Å². The molecule has 0 saturated carbocycles. The van der Waals surface area contributed by atoms with Crippen molar-refractivity contribution in [2.24, 2.45) is 0 Å². The Kier molecular flexibility index (Phi) is 8.72. The summed E-state index contributed by atoms with van der Waals surface area (Å²) in [5.74, 6) is 1.32. The highest BCUT2D eigenvalue weighted by atomic mass is 14.9. The Morgan fingerprint density at radius 2 is 1.17 bits per heavy atom. The van der Waals surface area contributed by atoms with Crippen molar-refractivity contribution in [3.63, 3.8) is 0 Å². The Bertz CT molecular complexity index is 2710. The summed E-state index contributed by atoms with van der Waals surface area (Å²) in [6, 6.07) is 51.3. The van der Waals surface area contributed by atoms with E-state index in [0.29, 0.717) is 5.92 Å². The van der Waals surface area contributed by atoms with Crippen LogP contribution in [0.25, 0.3) is 72.3 Å². The van der Waals surface area contributed by atoms with Crippen LogP contribution in [-0.2, 0) is 0 Å². The first-order valence-electron chi connectivity index (χ1n) is 18.8. The summed E-state index contributed by atoms with van der Waals surface area (Å²) in [5, 5.41) is 2.26. The quantitative estimate of drug-likeness (QED) is 0.156. The molecule has 260 valence electrons. The molecule has 1 unspecified atom stereocenters. The highest BCUT2D eigenvalue weighted by molar-refractivity contribution is 6.04. The molecule has 0 aliphatic heterocycles. The van der Waals surface area contributed by atoms with Crippen LogP contribution in [0.1, 0.15) is 54.7 Å². The molecule has 3 heterocycles. The second-order valence-electron chi connectivity index (χ2n) is 14.5. The minimum atomic E-state index is 0.230. The molecule has 3 aromatic heterocycles. The van der Waals surface area contributed by atoms with E-state index in [0.717, 1.165) is 79.1 Å². The summed E-state index contributed by atoms with van der Waals surface area (Å²) in [4.78, 5) is 20.6. The Morgan fingerprint density at radius 1 is 0.537 bits per heavy atom. The number of nitrogens with zero attached hydrogens (tertiary/aromatic N) is 4. The van der Waals surface area contributed by atoms with E-state index in [1.807, 2.05) is 12.1 Å². The first-order chi connectivity index (χ1) is 26.5. The Labute approximate surface area is 316 Å². The van der Waals surface area contributed by atoms with Crippen molar-refractivity contribution in [3.8, 4) is 44.9 Å². The van der Waals surface area contributed by atoms with Gasteiger partial charge in [0.15, 0.2) is 5.82 Å². The molecule has 9 rings (SSSR count). The molecule has 4 heteroatoms. The number of fused-ring (bicyclic) bond motifs is 3. The van der Waals surface area contributed by atoms with Gasteiger partial charge in [0, 0.05) is 44.6 Å². The van der Waals surface area contributed by atoms with Crippen molar-refractivity contribution in [1.82, 2.24) is 19.9 Å². The average Bonchev–Trinajstić information content (AvgIpc) is 3.24. The standard InChI is InChI=1S/C50H40N4/c1-32(2)44-28-26-39-25-27-43-33(3)29-45(52-49(43)48(39)51-44)42-16-10-15-41(30-42)36-19-23-40(24-20-36)50-53-46(37-13-8-5-9-14-37)31-47(54-50)38-21-17-35(18-22-38)34-11-6-4-7-12-34/h4-19,21-32,36H,20H2,1-3H3. The largest absolute Gasteiger partial charge is 0.250 e. The van der Waals surface area contributed by atoms with Gasteiger partial charge in [0.1, 0.15) is 0 Å². The average molecular weight is 697 g/mol. The Hall–Kier alpha value is -6.52. The molecule has 4 nitrogen and oxygen atoms in total. The Morgan fingerprint density at radius 3 is 1.87 bits per heavy atom. The van der Waals surface area contributed by atoms with Crippen molar-refractivity contribution >= 4 is 27.4 Å². The molecule has 1 atom stereocenters. The van der Waals surface area contributed by atoms with E-state index in [1.165, 1.54) is 22.3 Å². The van der Waals surface area contributed by atoms with Gasteiger partial charge in [0.25, 0.3) is 0 Å². The fraction of sp³-hybridized carbons (Fsp3) is 0.120. The van der Waals surface area contributed by atoms with E-state index in [2.05, 4.69) is 172 Å². The number of pyridine rings is 2. The topological polar surface area (TPSA) is 51.6 Å². The van der Waals surface area contributed by atoms with Gasteiger partial charge in [0.2, 0.25) is 0 Å². The lowest BCUT2D eigenvalue weighted by atomic mass is 9.88. The molecule has 1 aliphatic carbocycles. The van der Waals surface area contributed by atoms with Gasteiger partial charge in [-0.1, -0.05) is 153 Å². The zero-order valence-corrected chi connectivity index (χ0v) is 30.7. The van der Waals surface area contributed by atoms with Crippen molar-refractivity contribution in [2.45, 2.75) is 39.0 Å². The van der Waals surface area contributed by atoms with Gasteiger partial charge in [-0.05, 0) is 65.8 Å². The fourth-order valence-corrected chi connectivity index (χ4v) is 7.43. The van der Waals surface area contributed by atoms with Gasteiger partial charge in [-0.2, -0.15) is 0 Å². The van der Waals surface area contributed by atoms with Crippen LogP contribution in [0, 0.1) is 6.92 Å². The highest BCUT2D eigenvalue weighted by Gasteiger charge is 2.18. The first kappa shape index (κ1) is 33.3. The zero-order valence-electron chi connectivity index (χ0n) is 30.7. The summed E-state index contributed by atoms with van der Waals surface area (Å²) < 4.78 is 0. The summed E-state index contributed by atoms with van der Waals surface area (Å²) in [6.07, 6.45) is 7.62. The summed E-state index contributed by atoms with van der Waals surface area (Å²) >= 11 is 0. The molecule has 0 spiro atoms. The maximum atomic E-state index is 5.25. The number of allylic oxidation sites excluding steroid dienone is 4. The van der Waals surface area contributed by atoms with Gasteiger partial charge in [0.05, 0.1) is 28.1 Å². The predicted molar refractivity (Wildman–Crippen MR) is 224 cm³/mol. The normalized spacial score (nSPS) is 14.1. The van der Waals surface area contributed by atoms with Crippen LogP contribution in [0.2, 0.25) is 0 Å². The molecule has 0 bridgehead atoms. The molecule has 0 fully saturated rings. The van der Waals surface area contributed by atoms with E-state index < -0.39 is 0 Å². The molecule has 1 aliphatic rings. The van der Waals surface area contributed by atoms with Gasteiger partial charge in [-0.25, -0.2) is 15.0 Å². The zero-order chi connectivity index (χ0) is 36.6. The lowest BCUT2D eigenvalue weighted by Gasteiger charge is -2.18. The molecule has 54 heavy (non-hydrogen) atoms. The van der Waals surface area contributed by atoms with Crippen LogP contribution >= 0.6 is 0 Å². The number of aryl methyl sites for hydroxylation is 1. The second-order valence-corrected chi connectivity index (χ2v) is 14.5. The SMILES string of the molecule is Cc1cc(-c2cccc(C3C=CC(c4nc(-c5ccccc5)cc(-c5ccc(-c6ccccc6)cc5)n4)=CC3)c2)nc2c1ccc1ccc(C(C)C)nc12. The first-order valence-corrected chi connectivity index (χ1v) is 18.8.